The normalized spacial score (nSPS) is 33.3. The first-order valence-corrected chi connectivity index (χ1v) is 18.6. The number of carbonyl (C=O) groups is 3. The van der Waals surface area contributed by atoms with Crippen LogP contribution in [-0.4, -0.2) is 29.5 Å². The van der Waals surface area contributed by atoms with E-state index in [9.17, 15) is 18.8 Å². The molecule has 274 valence electrons. The summed E-state index contributed by atoms with van der Waals surface area (Å²) in [6.45, 7) is 16.3. The largest absolute Gasteiger partial charge is 0.452 e. The van der Waals surface area contributed by atoms with Gasteiger partial charge in [0.2, 0.25) is 0 Å². The number of ether oxygens (including phenoxy) is 3. The van der Waals surface area contributed by atoms with Crippen molar-refractivity contribution in [3.63, 3.8) is 0 Å². The molecule has 0 spiro atoms. The Morgan fingerprint density at radius 1 is 0.962 bits per heavy atom. The van der Waals surface area contributed by atoms with Crippen LogP contribution >= 0.6 is 0 Å². The number of halogens is 1. The molecule has 3 fully saturated rings. The molecule has 7 atom stereocenters. The second kappa shape index (κ2) is 12.1. The maximum Gasteiger partial charge on any atom is 0.312 e. The van der Waals surface area contributed by atoms with Gasteiger partial charge in [-0.15, -0.1) is 6.42 Å². The summed E-state index contributed by atoms with van der Waals surface area (Å²) in [5.41, 5.74) is 4.37. The molecule has 1 aromatic heterocycles. The van der Waals surface area contributed by atoms with Gasteiger partial charge in [0.25, 0.3) is 0 Å². The lowest BCUT2D eigenvalue weighted by atomic mass is 9.34. The van der Waals surface area contributed by atoms with E-state index in [0.717, 1.165) is 72.6 Å². The zero-order chi connectivity index (χ0) is 37.6. The van der Waals surface area contributed by atoms with Crippen LogP contribution in [0.25, 0.3) is 10.9 Å². The molecule has 1 heterocycles. The molecule has 1 N–H and O–H groups in total. The second-order valence-electron chi connectivity index (χ2n) is 17.3. The Hall–Kier alpha value is -4.38. The smallest absolute Gasteiger partial charge is 0.312 e. The third-order valence-electron chi connectivity index (χ3n) is 14.4. The second-order valence-corrected chi connectivity index (χ2v) is 17.3. The van der Waals surface area contributed by atoms with Crippen molar-refractivity contribution in [1.29, 1.82) is 0 Å². The number of rotatable bonds is 5. The Morgan fingerprint density at radius 3 is 2.37 bits per heavy atom. The van der Waals surface area contributed by atoms with Crippen molar-refractivity contribution in [2.75, 3.05) is 6.61 Å². The molecule has 3 aromatic rings. The Morgan fingerprint density at radius 2 is 1.67 bits per heavy atom. The molecule has 3 saturated carbocycles. The standard InChI is InChI=1S/C44H50FNO6/c1-10-19-50-39(49)41(6)14-13-40(5)15-17-43(8)35-21-30(31-24-46-33-20-28(45)11-12-29(31)33)37-25(2)38(52-27(4)48)34(51-26(3)47)22-32(37)42(35,7)16-18-44(43,9)36(40)23-41/h1,11-12,20-22,24,30,36,46H,13-19,23H2,2-9H3/t30-,36+,40+,41+,42-,43+,44-/m0/s1. The number of nitrogens with one attached hydrogen (secondary N) is 1. The summed E-state index contributed by atoms with van der Waals surface area (Å²) in [4.78, 5) is 41.8. The van der Waals surface area contributed by atoms with E-state index in [1.807, 2.05) is 25.3 Å². The van der Waals surface area contributed by atoms with E-state index in [1.54, 1.807) is 0 Å². The number of fused-ring (bicyclic) bond motifs is 8. The van der Waals surface area contributed by atoms with E-state index in [0.29, 0.717) is 5.52 Å². The molecule has 4 aliphatic carbocycles. The first kappa shape index (κ1) is 36.0. The Kier molecular flexibility index (Phi) is 8.36. The van der Waals surface area contributed by atoms with E-state index < -0.39 is 22.8 Å². The fourth-order valence-electron chi connectivity index (χ4n) is 11.3. The highest BCUT2D eigenvalue weighted by Crippen LogP contribution is 2.75. The molecule has 7 nitrogen and oxygen atoms in total. The van der Waals surface area contributed by atoms with Crippen LogP contribution in [0.15, 0.2) is 42.1 Å². The summed E-state index contributed by atoms with van der Waals surface area (Å²) in [5, 5.41) is 0.906. The topological polar surface area (TPSA) is 94.7 Å². The highest BCUT2D eigenvalue weighted by atomic mass is 19.1. The number of H-pyrrole nitrogens is 1. The maximum absolute atomic E-state index is 14.4. The van der Waals surface area contributed by atoms with Gasteiger partial charge in [0, 0.05) is 47.8 Å². The molecule has 0 unspecified atom stereocenters. The average molecular weight is 708 g/mol. The minimum absolute atomic E-state index is 0.0220. The van der Waals surface area contributed by atoms with Crippen molar-refractivity contribution in [3.05, 3.63) is 70.2 Å². The molecule has 7 rings (SSSR count). The number of hydrogen-bond acceptors (Lipinski definition) is 6. The Labute approximate surface area is 306 Å². The summed E-state index contributed by atoms with van der Waals surface area (Å²) < 4.78 is 31.6. The summed E-state index contributed by atoms with van der Waals surface area (Å²) >= 11 is 0. The van der Waals surface area contributed by atoms with Crippen LogP contribution in [0.5, 0.6) is 11.5 Å². The van der Waals surface area contributed by atoms with Crippen LogP contribution in [-0.2, 0) is 24.5 Å². The molecular weight excluding hydrogens is 657 g/mol. The van der Waals surface area contributed by atoms with Crippen LogP contribution < -0.4 is 9.47 Å². The molecule has 0 amide bonds. The van der Waals surface area contributed by atoms with Gasteiger partial charge in [-0.2, -0.15) is 0 Å². The van der Waals surface area contributed by atoms with Gasteiger partial charge >= 0.3 is 17.9 Å². The molecule has 0 radical (unpaired) electrons. The van der Waals surface area contributed by atoms with Crippen molar-refractivity contribution < 1.29 is 33.0 Å². The zero-order valence-electron chi connectivity index (χ0n) is 31.7. The third kappa shape index (κ3) is 5.16. The number of terminal acetylenes is 1. The van der Waals surface area contributed by atoms with Gasteiger partial charge in [0.05, 0.1) is 5.41 Å². The fourth-order valence-corrected chi connectivity index (χ4v) is 11.3. The Bertz CT molecular complexity index is 2110. The van der Waals surface area contributed by atoms with Crippen LogP contribution in [0.4, 0.5) is 4.39 Å². The summed E-state index contributed by atoms with van der Waals surface area (Å²) in [5.74, 6) is 1.35. The van der Waals surface area contributed by atoms with Gasteiger partial charge in [-0.3, -0.25) is 14.4 Å². The predicted octanol–water partition coefficient (Wildman–Crippen LogP) is 9.38. The summed E-state index contributed by atoms with van der Waals surface area (Å²) in [6.07, 6.45) is 16.1. The quantitative estimate of drug-likeness (QED) is 0.123. The molecule has 4 aliphatic rings. The van der Waals surface area contributed by atoms with Crippen molar-refractivity contribution in [3.8, 4) is 23.8 Å². The molecule has 8 heteroatoms. The SMILES string of the molecule is C#CCOC(=O)[C@]1(C)CC[C@]2(C)CC[C@]3(C)C4=C[C@@H](c5c[nH]c6cc(F)ccc56)c5c(cc(OC(C)=O)c(OC(C)=O)c5C)[C@]4(C)CC[C@@]3(C)[C@@H]2C1. The van der Waals surface area contributed by atoms with Crippen molar-refractivity contribution in [2.24, 2.45) is 27.6 Å². The van der Waals surface area contributed by atoms with Gasteiger partial charge in [0.15, 0.2) is 18.1 Å². The first-order valence-electron chi connectivity index (χ1n) is 18.6. The van der Waals surface area contributed by atoms with E-state index in [-0.39, 0.29) is 58.0 Å². The number of allylic oxidation sites excluding steroid dienone is 2. The van der Waals surface area contributed by atoms with Crippen molar-refractivity contribution in [1.82, 2.24) is 4.98 Å². The van der Waals surface area contributed by atoms with Gasteiger partial charge in [-0.05, 0) is 122 Å². The number of carbonyl (C=O) groups excluding carboxylic acids is 3. The maximum atomic E-state index is 14.4. The molecule has 0 bridgehead atoms. The first-order chi connectivity index (χ1) is 24.4. The lowest BCUT2D eigenvalue weighted by Gasteiger charge is -2.70. The van der Waals surface area contributed by atoms with Crippen molar-refractivity contribution in [2.45, 2.75) is 112 Å². The monoisotopic (exact) mass is 707 g/mol. The minimum Gasteiger partial charge on any atom is -0.452 e. The van der Waals surface area contributed by atoms with E-state index in [2.05, 4.69) is 51.6 Å². The molecule has 0 aliphatic heterocycles. The third-order valence-corrected chi connectivity index (χ3v) is 14.4. The molecular formula is C44H50FNO6. The van der Waals surface area contributed by atoms with Gasteiger partial charge < -0.3 is 19.2 Å². The number of benzene rings is 2. The molecule has 52 heavy (non-hydrogen) atoms. The van der Waals surface area contributed by atoms with E-state index in [1.165, 1.54) is 31.6 Å². The van der Waals surface area contributed by atoms with Crippen LogP contribution in [0.3, 0.4) is 0 Å². The lowest BCUT2D eigenvalue weighted by Crippen LogP contribution is -2.62. The minimum atomic E-state index is -0.623. The van der Waals surface area contributed by atoms with E-state index >= 15 is 0 Å². The summed E-state index contributed by atoms with van der Waals surface area (Å²) in [7, 11) is 0. The van der Waals surface area contributed by atoms with Crippen LogP contribution in [0, 0.1) is 52.7 Å². The highest BCUT2D eigenvalue weighted by Gasteiger charge is 2.67. The van der Waals surface area contributed by atoms with Gasteiger partial charge in [-0.25, -0.2) is 4.39 Å². The fraction of sp³-hybridized carbons (Fsp3) is 0.523. The predicted molar refractivity (Wildman–Crippen MR) is 197 cm³/mol. The summed E-state index contributed by atoms with van der Waals surface area (Å²) in [6, 6.07) is 6.74. The number of aromatic amines is 1. The number of esters is 3. The van der Waals surface area contributed by atoms with Crippen molar-refractivity contribution >= 4 is 28.8 Å². The zero-order valence-corrected chi connectivity index (χ0v) is 31.7. The Balaban J connectivity index is 1.45. The van der Waals surface area contributed by atoms with Crippen LogP contribution in [0.1, 0.15) is 122 Å². The van der Waals surface area contributed by atoms with E-state index in [4.69, 9.17) is 20.6 Å². The van der Waals surface area contributed by atoms with Gasteiger partial charge in [0.1, 0.15) is 5.82 Å². The van der Waals surface area contributed by atoms with Crippen LogP contribution in [0.2, 0.25) is 0 Å². The number of aromatic nitrogens is 1. The lowest BCUT2D eigenvalue weighted by molar-refractivity contribution is -0.180. The highest BCUT2D eigenvalue weighted by molar-refractivity contribution is 5.86. The molecule has 2 aromatic carbocycles. The molecule has 0 saturated heterocycles. The van der Waals surface area contributed by atoms with Gasteiger partial charge in [-0.1, -0.05) is 45.3 Å². The average Bonchev–Trinajstić information content (AvgIpc) is 3.50. The number of hydrogen-bond donors (Lipinski definition) is 1.